The van der Waals surface area contributed by atoms with Gasteiger partial charge in [-0.3, -0.25) is 4.79 Å². The summed E-state index contributed by atoms with van der Waals surface area (Å²) in [7, 11) is 0. The van der Waals surface area contributed by atoms with Gasteiger partial charge in [0.05, 0.1) is 10.3 Å². The molecule has 0 spiro atoms. The zero-order valence-corrected chi connectivity index (χ0v) is 14.2. The van der Waals surface area contributed by atoms with E-state index in [4.69, 9.17) is 0 Å². The van der Waals surface area contributed by atoms with Crippen molar-refractivity contribution in [1.29, 1.82) is 0 Å². The number of hydrogen-bond donors (Lipinski definition) is 1. The lowest BCUT2D eigenvalue weighted by atomic mass is 10.3. The lowest BCUT2D eigenvalue weighted by Crippen LogP contribution is -2.22. The van der Waals surface area contributed by atoms with Crippen LogP contribution in [0.1, 0.15) is 15.4 Å². The summed E-state index contributed by atoms with van der Waals surface area (Å²) in [6.45, 7) is 0.528. The van der Waals surface area contributed by atoms with Crippen LogP contribution < -0.4 is 5.32 Å². The van der Waals surface area contributed by atoms with Crippen LogP contribution in [0, 0.1) is 0 Å². The number of thiophene rings is 2. The Morgan fingerprint density at radius 1 is 1.30 bits per heavy atom. The van der Waals surface area contributed by atoms with Crippen LogP contribution in [0.3, 0.4) is 0 Å². The second kappa shape index (κ2) is 6.17. The number of hydrogen-bond acceptors (Lipinski definition) is 5. The van der Waals surface area contributed by atoms with Gasteiger partial charge >= 0.3 is 0 Å². The predicted molar refractivity (Wildman–Crippen MR) is 88.6 cm³/mol. The minimum atomic E-state index is -0.132. The van der Waals surface area contributed by atoms with Gasteiger partial charge in [0.2, 0.25) is 0 Å². The molecule has 0 radical (unpaired) electrons. The van der Waals surface area contributed by atoms with E-state index in [2.05, 4.69) is 26.2 Å². The number of nitrogens with one attached hydrogen (secondary N) is 1. The van der Waals surface area contributed by atoms with E-state index in [-0.39, 0.29) is 5.91 Å². The highest BCUT2D eigenvalue weighted by Crippen LogP contribution is 2.26. The Hall–Kier alpha value is -1.02. The van der Waals surface area contributed by atoms with Gasteiger partial charge in [-0.1, -0.05) is 0 Å². The maximum absolute atomic E-state index is 12.0. The summed E-state index contributed by atoms with van der Waals surface area (Å²) < 4.78 is 1.06. The lowest BCUT2D eigenvalue weighted by Gasteiger charge is -2.00. The Bertz CT molecular complexity index is 718. The summed E-state index contributed by atoms with van der Waals surface area (Å²) in [5.74, 6) is -0.132. The van der Waals surface area contributed by atoms with Crippen molar-refractivity contribution in [3.8, 4) is 10.6 Å². The summed E-state index contributed by atoms with van der Waals surface area (Å²) >= 11 is 8.14. The molecule has 0 aliphatic rings. The fraction of sp³-hybridized carbons (Fsp3) is 0.0769. The van der Waals surface area contributed by atoms with Gasteiger partial charge in [0.15, 0.2) is 0 Å². The molecular weight excluding hydrogens is 376 g/mol. The lowest BCUT2D eigenvalue weighted by molar-refractivity contribution is 0.0947. The molecule has 0 aliphatic carbocycles. The van der Waals surface area contributed by atoms with Crippen LogP contribution in [-0.2, 0) is 6.54 Å². The Morgan fingerprint density at radius 2 is 2.20 bits per heavy atom. The fourth-order valence-electron chi connectivity index (χ4n) is 1.60. The van der Waals surface area contributed by atoms with Gasteiger partial charge in [0, 0.05) is 21.2 Å². The smallest absolute Gasteiger partial charge is 0.271 e. The number of carbonyl (C=O) groups is 1. The van der Waals surface area contributed by atoms with E-state index in [0.29, 0.717) is 12.2 Å². The van der Waals surface area contributed by atoms with Crippen molar-refractivity contribution < 1.29 is 4.79 Å². The van der Waals surface area contributed by atoms with E-state index in [1.54, 1.807) is 28.1 Å². The highest BCUT2D eigenvalue weighted by molar-refractivity contribution is 9.11. The first kappa shape index (κ1) is 13.9. The average molecular weight is 385 g/mol. The van der Waals surface area contributed by atoms with E-state index in [1.807, 2.05) is 29.0 Å². The van der Waals surface area contributed by atoms with Crippen molar-refractivity contribution in [2.45, 2.75) is 6.54 Å². The minimum absolute atomic E-state index is 0.132. The SMILES string of the molecule is O=C(NCc1ccc(Br)s1)c1csc(-c2ccsc2)n1. The van der Waals surface area contributed by atoms with Crippen LogP contribution in [0.5, 0.6) is 0 Å². The number of rotatable bonds is 4. The summed E-state index contributed by atoms with van der Waals surface area (Å²) in [5, 5.41) is 9.60. The molecule has 0 unspecified atom stereocenters. The van der Waals surface area contributed by atoms with Gasteiger partial charge < -0.3 is 5.32 Å². The topological polar surface area (TPSA) is 42.0 Å². The van der Waals surface area contributed by atoms with Crippen molar-refractivity contribution in [3.05, 3.63) is 48.7 Å². The van der Waals surface area contributed by atoms with Crippen LogP contribution in [0.2, 0.25) is 0 Å². The third-order valence-electron chi connectivity index (χ3n) is 2.56. The zero-order valence-electron chi connectivity index (χ0n) is 10.1. The molecule has 0 saturated heterocycles. The van der Waals surface area contributed by atoms with Crippen LogP contribution in [-0.4, -0.2) is 10.9 Å². The second-order valence-corrected chi connectivity index (χ2v) is 8.12. The first-order chi connectivity index (χ1) is 9.72. The van der Waals surface area contributed by atoms with Crippen molar-refractivity contribution in [2.75, 3.05) is 0 Å². The molecule has 3 nitrogen and oxygen atoms in total. The van der Waals surface area contributed by atoms with Crippen molar-refractivity contribution in [2.24, 2.45) is 0 Å². The molecule has 0 atom stereocenters. The second-order valence-electron chi connectivity index (χ2n) is 3.94. The number of nitrogens with zero attached hydrogens (tertiary/aromatic N) is 1. The van der Waals surface area contributed by atoms with Crippen molar-refractivity contribution in [1.82, 2.24) is 10.3 Å². The molecule has 7 heteroatoms. The minimum Gasteiger partial charge on any atom is -0.346 e. The summed E-state index contributed by atoms with van der Waals surface area (Å²) in [4.78, 5) is 17.5. The average Bonchev–Trinajstić information content (AvgIpc) is 3.16. The molecule has 1 amide bonds. The number of halogens is 1. The predicted octanol–water partition coefficient (Wildman–Crippen LogP) is 4.63. The van der Waals surface area contributed by atoms with Crippen LogP contribution in [0.25, 0.3) is 10.6 Å². The zero-order chi connectivity index (χ0) is 13.9. The van der Waals surface area contributed by atoms with Gasteiger partial charge in [-0.15, -0.1) is 22.7 Å². The quantitative estimate of drug-likeness (QED) is 0.712. The molecule has 3 rings (SSSR count). The molecule has 1 N–H and O–H groups in total. The Balaban J connectivity index is 1.65. The third kappa shape index (κ3) is 3.17. The fourth-order valence-corrected chi connectivity index (χ4v) is 4.54. The van der Waals surface area contributed by atoms with E-state index < -0.39 is 0 Å². The standard InChI is InChI=1S/C13H9BrN2OS3/c14-11-2-1-9(20-11)5-15-12(17)10-7-19-13(16-10)8-3-4-18-6-8/h1-4,6-7H,5H2,(H,15,17). The van der Waals surface area contributed by atoms with E-state index in [0.717, 1.165) is 19.2 Å². The van der Waals surface area contributed by atoms with Crippen LogP contribution in [0.15, 0.2) is 38.1 Å². The summed E-state index contributed by atoms with van der Waals surface area (Å²) in [6, 6.07) is 5.98. The van der Waals surface area contributed by atoms with Gasteiger partial charge in [-0.25, -0.2) is 4.98 Å². The maximum Gasteiger partial charge on any atom is 0.271 e. The highest BCUT2D eigenvalue weighted by Gasteiger charge is 2.12. The molecule has 20 heavy (non-hydrogen) atoms. The maximum atomic E-state index is 12.0. The van der Waals surface area contributed by atoms with Crippen LogP contribution in [0.4, 0.5) is 0 Å². The van der Waals surface area contributed by atoms with Gasteiger partial charge in [0.1, 0.15) is 10.7 Å². The van der Waals surface area contributed by atoms with E-state index in [9.17, 15) is 4.79 Å². The molecular formula is C13H9BrN2OS3. The molecule has 3 aromatic rings. The van der Waals surface area contributed by atoms with Crippen molar-refractivity contribution in [3.63, 3.8) is 0 Å². The highest BCUT2D eigenvalue weighted by atomic mass is 79.9. The monoisotopic (exact) mass is 384 g/mol. The van der Waals surface area contributed by atoms with Gasteiger partial charge in [0.25, 0.3) is 5.91 Å². The number of aromatic nitrogens is 1. The van der Waals surface area contributed by atoms with Crippen LogP contribution >= 0.6 is 49.9 Å². The van der Waals surface area contributed by atoms with E-state index >= 15 is 0 Å². The first-order valence-electron chi connectivity index (χ1n) is 5.73. The Kier molecular flexibility index (Phi) is 4.30. The van der Waals surface area contributed by atoms with Crippen molar-refractivity contribution >= 4 is 55.8 Å². The molecule has 0 aromatic carbocycles. The molecule has 0 bridgehead atoms. The Labute approximate surface area is 136 Å². The first-order valence-corrected chi connectivity index (χ1v) is 9.16. The number of thiazole rings is 1. The van der Waals surface area contributed by atoms with E-state index in [1.165, 1.54) is 11.3 Å². The summed E-state index contributed by atoms with van der Waals surface area (Å²) in [6.07, 6.45) is 0. The third-order valence-corrected chi connectivity index (χ3v) is 5.76. The summed E-state index contributed by atoms with van der Waals surface area (Å²) in [5.41, 5.74) is 1.55. The van der Waals surface area contributed by atoms with Gasteiger partial charge in [-0.2, -0.15) is 11.3 Å². The normalized spacial score (nSPS) is 10.7. The Morgan fingerprint density at radius 3 is 2.90 bits per heavy atom. The molecule has 0 aliphatic heterocycles. The molecule has 3 heterocycles. The number of carbonyl (C=O) groups excluding carboxylic acids is 1. The number of amides is 1. The molecule has 0 saturated carbocycles. The largest absolute Gasteiger partial charge is 0.346 e. The molecule has 102 valence electrons. The van der Waals surface area contributed by atoms with Gasteiger partial charge in [-0.05, 0) is 39.5 Å². The molecule has 3 aromatic heterocycles. The molecule has 0 fully saturated rings.